The molecule has 1 aliphatic rings. The minimum atomic E-state index is -1.11. The monoisotopic (exact) mass is 299 g/mol. The van der Waals surface area contributed by atoms with Gasteiger partial charge in [0.1, 0.15) is 6.26 Å². The summed E-state index contributed by atoms with van der Waals surface area (Å²) in [5, 5.41) is 11.8. The summed E-state index contributed by atoms with van der Waals surface area (Å²) < 4.78 is 5.05. The van der Waals surface area contributed by atoms with Crippen molar-refractivity contribution in [1.82, 2.24) is 5.32 Å². The molecule has 0 aliphatic heterocycles. The molecule has 3 rings (SSSR count). The van der Waals surface area contributed by atoms with Gasteiger partial charge in [-0.1, -0.05) is 30.3 Å². The highest BCUT2D eigenvalue weighted by Gasteiger charge is 2.33. The van der Waals surface area contributed by atoms with Gasteiger partial charge in [-0.05, 0) is 30.7 Å². The van der Waals surface area contributed by atoms with Crippen molar-refractivity contribution in [1.29, 1.82) is 0 Å². The second kappa shape index (κ2) is 6.05. The molecular weight excluding hydrogens is 282 g/mol. The van der Waals surface area contributed by atoms with Crippen molar-refractivity contribution in [3.63, 3.8) is 0 Å². The van der Waals surface area contributed by atoms with Gasteiger partial charge < -0.3 is 14.8 Å². The number of rotatable bonds is 6. The van der Waals surface area contributed by atoms with E-state index in [2.05, 4.69) is 5.32 Å². The van der Waals surface area contributed by atoms with Gasteiger partial charge in [0.05, 0.1) is 5.56 Å². The summed E-state index contributed by atoms with van der Waals surface area (Å²) >= 11 is 0. The fourth-order valence-corrected chi connectivity index (χ4v) is 2.51. The molecule has 1 fully saturated rings. The van der Waals surface area contributed by atoms with Crippen LogP contribution in [0.3, 0.4) is 0 Å². The zero-order chi connectivity index (χ0) is 15.5. The highest BCUT2D eigenvalue weighted by molar-refractivity contribution is 5.95. The molecule has 1 saturated carbocycles. The molecule has 0 radical (unpaired) electrons. The molecular formula is C17H17NO4. The number of benzene rings is 1. The highest BCUT2D eigenvalue weighted by Crippen LogP contribution is 2.34. The Hall–Kier alpha value is -2.56. The minimum Gasteiger partial charge on any atom is -0.478 e. The Morgan fingerprint density at radius 1 is 1.27 bits per heavy atom. The molecule has 2 aromatic rings. The Bertz CT molecular complexity index is 673. The lowest BCUT2D eigenvalue weighted by Crippen LogP contribution is -2.37. The molecule has 114 valence electrons. The molecule has 0 saturated heterocycles. The predicted octanol–water partition coefficient (Wildman–Crippen LogP) is 2.73. The fraction of sp³-hybridized carbons (Fsp3) is 0.294. The van der Waals surface area contributed by atoms with Gasteiger partial charge >= 0.3 is 5.97 Å². The van der Waals surface area contributed by atoms with E-state index in [0.29, 0.717) is 5.92 Å². The lowest BCUT2D eigenvalue weighted by atomic mass is 10.0. The van der Waals surface area contributed by atoms with Crippen LogP contribution in [0.5, 0.6) is 0 Å². The lowest BCUT2D eigenvalue weighted by Gasteiger charge is -2.17. The number of hydrogen-bond donors (Lipinski definition) is 2. The SMILES string of the molecule is O=C(O)c1coc(C(=O)NC(Cc2ccccc2)C2CC2)c1. The molecule has 1 amide bonds. The van der Waals surface area contributed by atoms with E-state index < -0.39 is 5.97 Å². The highest BCUT2D eigenvalue weighted by atomic mass is 16.4. The topological polar surface area (TPSA) is 79.5 Å². The maximum Gasteiger partial charge on any atom is 0.338 e. The van der Waals surface area contributed by atoms with Crippen LogP contribution < -0.4 is 5.32 Å². The van der Waals surface area contributed by atoms with Gasteiger partial charge in [0.15, 0.2) is 5.76 Å². The molecule has 5 nitrogen and oxygen atoms in total. The molecule has 0 bridgehead atoms. The second-order valence-corrected chi connectivity index (χ2v) is 5.61. The molecule has 2 N–H and O–H groups in total. The van der Waals surface area contributed by atoms with Gasteiger partial charge in [0.2, 0.25) is 0 Å². The van der Waals surface area contributed by atoms with Crippen molar-refractivity contribution < 1.29 is 19.1 Å². The number of amides is 1. The number of furan rings is 1. The summed E-state index contributed by atoms with van der Waals surface area (Å²) in [6.07, 6.45) is 4.07. The summed E-state index contributed by atoms with van der Waals surface area (Å²) in [5.41, 5.74) is 1.15. The van der Waals surface area contributed by atoms with Crippen molar-refractivity contribution in [3.05, 3.63) is 59.5 Å². The standard InChI is InChI=1S/C17H17NO4/c19-16(15-9-13(10-22-15)17(20)21)18-14(12-6-7-12)8-11-4-2-1-3-5-11/h1-5,9-10,12,14H,6-8H2,(H,18,19)(H,20,21). The largest absolute Gasteiger partial charge is 0.478 e. The molecule has 1 unspecified atom stereocenters. The molecule has 1 aromatic carbocycles. The van der Waals surface area contributed by atoms with Gasteiger partial charge in [-0.2, -0.15) is 0 Å². The smallest absolute Gasteiger partial charge is 0.338 e. The quantitative estimate of drug-likeness (QED) is 0.859. The molecule has 1 heterocycles. The maximum absolute atomic E-state index is 12.2. The molecule has 1 atom stereocenters. The summed E-state index contributed by atoms with van der Waals surface area (Å²) in [6, 6.07) is 11.3. The van der Waals surface area contributed by atoms with E-state index in [1.165, 1.54) is 11.6 Å². The minimum absolute atomic E-state index is 0.0174. The number of aromatic carboxylic acids is 1. The zero-order valence-electron chi connectivity index (χ0n) is 12.0. The number of nitrogens with one attached hydrogen (secondary N) is 1. The Balaban J connectivity index is 1.68. The van der Waals surface area contributed by atoms with Crippen LogP contribution >= 0.6 is 0 Å². The van der Waals surface area contributed by atoms with Crippen molar-refractivity contribution in [2.24, 2.45) is 5.92 Å². The van der Waals surface area contributed by atoms with Gasteiger partial charge in [-0.3, -0.25) is 4.79 Å². The second-order valence-electron chi connectivity index (χ2n) is 5.61. The van der Waals surface area contributed by atoms with E-state index in [4.69, 9.17) is 9.52 Å². The average molecular weight is 299 g/mol. The lowest BCUT2D eigenvalue weighted by molar-refractivity contribution is 0.0695. The summed E-state index contributed by atoms with van der Waals surface area (Å²) in [7, 11) is 0. The first-order valence-electron chi connectivity index (χ1n) is 7.30. The van der Waals surface area contributed by atoms with Gasteiger partial charge in [0, 0.05) is 12.1 Å². The number of carbonyl (C=O) groups is 2. The number of carbonyl (C=O) groups excluding carboxylic acids is 1. The molecule has 5 heteroatoms. The van der Waals surface area contributed by atoms with Crippen LogP contribution in [0.15, 0.2) is 47.1 Å². The zero-order valence-corrected chi connectivity index (χ0v) is 12.0. The first-order valence-corrected chi connectivity index (χ1v) is 7.30. The summed E-state index contributed by atoms with van der Waals surface area (Å²) in [6.45, 7) is 0. The first kappa shape index (κ1) is 14.4. The maximum atomic E-state index is 12.2. The van der Waals surface area contributed by atoms with Gasteiger partial charge in [-0.15, -0.1) is 0 Å². The average Bonchev–Trinajstić information content (AvgIpc) is 3.23. The van der Waals surface area contributed by atoms with Gasteiger partial charge in [-0.25, -0.2) is 4.79 Å². The predicted molar refractivity (Wildman–Crippen MR) is 79.8 cm³/mol. The van der Waals surface area contributed by atoms with Crippen molar-refractivity contribution in [2.75, 3.05) is 0 Å². The molecule has 22 heavy (non-hydrogen) atoms. The molecule has 0 spiro atoms. The first-order chi connectivity index (χ1) is 10.6. The third-order valence-electron chi connectivity index (χ3n) is 3.88. The van der Waals surface area contributed by atoms with Crippen LogP contribution in [-0.2, 0) is 6.42 Å². The number of carboxylic acids is 1. The Labute approximate surface area is 127 Å². The molecule has 1 aliphatic carbocycles. The van der Waals surface area contributed by atoms with Gasteiger partial charge in [0.25, 0.3) is 5.91 Å². The van der Waals surface area contributed by atoms with Crippen LogP contribution in [0.2, 0.25) is 0 Å². The number of carboxylic acid groups (broad SMARTS) is 1. The Morgan fingerprint density at radius 3 is 2.59 bits per heavy atom. The summed E-state index contributed by atoms with van der Waals surface area (Å²) in [4.78, 5) is 23.0. The van der Waals surface area contributed by atoms with E-state index in [1.54, 1.807) is 0 Å². The van der Waals surface area contributed by atoms with Crippen LogP contribution in [0.25, 0.3) is 0 Å². The van der Waals surface area contributed by atoms with E-state index in [1.807, 2.05) is 30.3 Å². The van der Waals surface area contributed by atoms with E-state index >= 15 is 0 Å². The van der Waals surface area contributed by atoms with Crippen molar-refractivity contribution in [3.8, 4) is 0 Å². The van der Waals surface area contributed by atoms with Crippen LogP contribution in [0, 0.1) is 5.92 Å². The third-order valence-corrected chi connectivity index (χ3v) is 3.88. The Morgan fingerprint density at radius 2 is 2.00 bits per heavy atom. The van der Waals surface area contributed by atoms with E-state index in [9.17, 15) is 9.59 Å². The molecule has 1 aromatic heterocycles. The number of hydrogen-bond acceptors (Lipinski definition) is 3. The van der Waals surface area contributed by atoms with Crippen LogP contribution in [-0.4, -0.2) is 23.0 Å². The fourth-order valence-electron chi connectivity index (χ4n) is 2.51. The van der Waals surface area contributed by atoms with Crippen LogP contribution in [0.1, 0.15) is 39.3 Å². The third kappa shape index (κ3) is 3.36. The normalized spacial score (nSPS) is 15.3. The Kier molecular flexibility index (Phi) is 3.96. The van der Waals surface area contributed by atoms with E-state index in [-0.39, 0.29) is 23.3 Å². The summed E-state index contributed by atoms with van der Waals surface area (Å²) in [5.74, 6) is -0.944. The van der Waals surface area contributed by atoms with E-state index in [0.717, 1.165) is 25.5 Å². The van der Waals surface area contributed by atoms with Crippen LogP contribution in [0.4, 0.5) is 0 Å². The van der Waals surface area contributed by atoms with Crippen molar-refractivity contribution >= 4 is 11.9 Å². The van der Waals surface area contributed by atoms with Crippen molar-refractivity contribution in [2.45, 2.75) is 25.3 Å².